The van der Waals surface area contributed by atoms with Gasteiger partial charge in [-0.05, 0) is 24.5 Å². The van der Waals surface area contributed by atoms with E-state index in [1.165, 1.54) is 18.4 Å². The molecule has 0 bridgehead atoms. The Hall–Kier alpha value is -1.28. The van der Waals surface area contributed by atoms with E-state index in [-0.39, 0.29) is 17.1 Å². The number of benzene rings is 1. The van der Waals surface area contributed by atoms with Gasteiger partial charge in [0.2, 0.25) is 0 Å². The lowest BCUT2D eigenvalue weighted by Crippen LogP contribution is -2.35. The summed E-state index contributed by atoms with van der Waals surface area (Å²) in [5, 5.41) is 0. The minimum absolute atomic E-state index is 0.0546. The van der Waals surface area contributed by atoms with Crippen LogP contribution < -0.4 is 0 Å². The molecule has 1 aromatic carbocycles. The van der Waals surface area contributed by atoms with E-state index in [1.807, 2.05) is 12.3 Å². The number of fused-ring (bicyclic) bond motifs is 1. The topological polar surface area (TPSA) is 18.5 Å². The van der Waals surface area contributed by atoms with Crippen molar-refractivity contribution in [2.24, 2.45) is 11.3 Å². The molecule has 2 fully saturated rings. The molecule has 1 saturated heterocycles. The van der Waals surface area contributed by atoms with Gasteiger partial charge in [0.1, 0.15) is 5.60 Å². The van der Waals surface area contributed by atoms with E-state index in [0.29, 0.717) is 5.92 Å². The van der Waals surface area contributed by atoms with E-state index >= 15 is 0 Å². The van der Waals surface area contributed by atoms with Gasteiger partial charge in [-0.15, -0.1) is 0 Å². The molecule has 94 valence electrons. The molecule has 18 heavy (non-hydrogen) atoms. The molecule has 0 aromatic heterocycles. The molecular formula is C16H18O2. The summed E-state index contributed by atoms with van der Waals surface area (Å²) in [6.07, 6.45) is 6.58. The van der Waals surface area contributed by atoms with Crippen LogP contribution in [0.5, 0.6) is 0 Å². The van der Waals surface area contributed by atoms with Crippen molar-refractivity contribution in [2.75, 3.05) is 6.61 Å². The predicted octanol–water partition coefficient (Wildman–Crippen LogP) is 3.46. The van der Waals surface area contributed by atoms with Crippen molar-refractivity contribution in [3.05, 3.63) is 48.2 Å². The number of ether oxygens (including phenoxy) is 2. The molecule has 3 aliphatic rings. The van der Waals surface area contributed by atoms with Crippen LogP contribution in [0.4, 0.5) is 0 Å². The standard InChI is InChI=1S/C16H18O2/c1-15-9-11-17-14(12-6-3-2-4-7-12)16(15)13(15)8-5-10-18-16/h2-4,6-7,9,11,13-14H,5,8,10H2,1H3/t13-,14+,15-,16+/m0/s1. The van der Waals surface area contributed by atoms with Crippen molar-refractivity contribution in [1.82, 2.24) is 0 Å². The first-order chi connectivity index (χ1) is 8.79. The van der Waals surface area contributed by atoms with Gasteiger partial charge in [0.15, 0.2) is 6.10 Å². The summed E-state index contributed by atoms with van der Waals surface area (Å²) >= 11 is 0. The lowest BCUT2D eigenvalue weighted by molar-refractivity contribution is -0.107. The van der Waals surface area contributed by atoms with Crippen molar-refractivity contribution in [3.8, 4) is 0 Å². The fourth-order valence-corrected chi connectivity index (χ4v) is 4.13. The highest BCUT2D eigenvalue weighted by Crippen LogP contribution is 2.75. The largest absolute Gasteiger partial charge is 0.491 e. The second kappa shape index (κ2) is 3.39. The van der Waals surface area contributed by atoms with Gasteiger partial charge in [-0.2, -0.15) is 0 Å². The Labute approximate surface area is 108 Å². The molecule has 2 heteroatoms. The second-order valence-electron chi connectivity index (χ2n) is 5.85. The normalized spacial score (nSPS) is 44.7. The van der Waals surface area contributed by atoms with Gasteiger partial charge in [0, 0.05) is 17.9 Å². The van der Waals surface area contributed by atoms with E-state index in [2.05, 4.69) is 37.3 Å². The Morgan fingerprint density at radius 3 is 2.89 bits per heavy atom. The molecule has 0 amide bonds. The fraction of sp³-hybridized carbons (Fsp3) is 0.500. The van der Waals surface area contributed by atoms with Gasteiger partial charge in [0.05, 0.1) is 6.26 Å². The van der Waals surface area contributed by atoms with Crippen LogP contribution >= 0.6 is 0 Å². The molecule has 0 unspecified atom stereocenters. The zero-order valence-corrected chi connectivity index (χ0v) is 10.6. The van der Waals surface area contributed by atoms with E-state index in [9.17, 15) is 0 Å². The van der Waals surface area contributed by atoms with Gasteiger partial charge < -0.3 is 9.47 Å². The van der Waals surface area contributed by atoms with Crippen LogP contribution in [0.3, 0.4) is 0 Å². The van der Waals surface area contributed by atoms with Crippen LogP contribution in [0.25, 0.3) is 0 Å². The van der Waals surface area contributed by atoms with Gasteiger partial charge >= 0.3 is 0 Å². The predicted molar refractivity (Wildman–Crippen MR) is 68.9 cm³/mol. The first-order valence-electron chi connectivity index (χ1n) is 6.81. The first kappa shape index (κ1) is 10.6. The van der Waals surface area contributed by atoms with E-state index in [4.69, 9.17) is 9.47 Å². The molecule has 2 nitrogen and oxygen atoms in total. The third-order valence-electron chi connectivity index (χ3n) is 5.10. The van der Waals surface area contributed by atoms with E-state index in [1.54, 1.807) is 0 Å². The maximum atomic E-state index is 6.24. The molecule has 1 aliphatic carbocycles. The van der Waals surface area contributed by atoms with Crippen molar-refractivity contribution in [3.63, 3.8) is 0 Å². The Bertz CT molecular complexity index is 495. The van der Waals surface area contributed by atoms with Gasteiger partial charge in [-0.1, -0.05) is 37.3 Å². The molecule has 0 N–H and O–H groups in total. The van der Waals surface area contributed by atoms with Gasteiger partial charge in [-0.3, -0.25) is 0 Å². The van der Waals surface area contributed by atoms with Crippen molar-refractivity contribution in [1.29, 1.82) is 0 Å². The van der Waals surface area contributed by atoms with Crippen LogP contribution in [-0.4, -0.2) is 12.2 Å². The summed E-state index contributed by atoms with van der Waals surface area (Å²) < 4.78 is 12.2. The van der Waals surface area contributed by atoms with Crippen molar-refractivity contribution in [2.45, 2.75) is 31.5 Å². The number of hydrogen-bond acceptors (Lipinski definition) is 2. The Kier molecular flexibility index (Phi) is 2.00. The molecule has 1 spiro atoms. The lowest BCUT2D eigenvalue weighted by atomic mass is 9.92. The molecular weight excluding hydrogens is 224 g/mol. The summed E-state index contributed by atoms with van der Waals surface area (Å²) in [6.45, 7) is 3.19. The Morgan fingerprint density at radius 1 is 1.22 bits per heavy atom. The zero-order chi connectivity index (χ0) is 12.2. The molecule has 2 heterocycles. The van der Waals surface area contributed by atoms with Crippen LogP contribution in [-0.2, 0) is 9.47 Å². The highest BCUT2D eigenvalue weighted by atomic mass is 16.6. The summed E-state index contributed by atoms with van der Waals surface area (Å²) in [4.78, 5) is 0. The van der Waals surface area contributed by atoms with Crippen LogP contribution in [0.2, 0.25) is 0 Å². The second-order valence-corrected chi connectivity index (χ2v) is 5.85. The quantitative estimate of drug-likeness (QED) is 0.751. The van der Waals surface area contributed by atoms with Crippen LogP contribution in [0.15, 0.2) is 42.7 Å². The summed E-state index contributed by atoms with van der Waals surface area (Å²) in [5.41, 5.74) is 1.29. The van der Waals surface area contributed by atoms with E-state index in [0.717, 1.165) is 6.61 Å². The smallest absolute Gasteiger partial charge is 0.153 e. The van der Waals surface area contributed by atoms with Crippen LogP contribution in [0, 0.1) is 11.3 Å². The summed E-state index contributed by atoms with van der Waals surface area (Å²) in [5.74, 6) is 0.614. The monoisotopic (exact) mass is 242 g/mol. The SMILES string of the molecule is C[C@@]12C=CO[C@H](c3ccccc3)[C@@]13OCCC[C@H]32. The van der Waals surface area contributed by atoms with Gasteiger partial charge in [0.25, 0.3) is 0 Å². The highest BCUT2D eigenvalue weighted by Gasteiger charge is 2.79. The lowest BCUT2D eigenvalue weighted by Gasteiger charge is -2.34. The Morgan fingerprint density at radius 2 is 2.06 bits per heavy atom. The number of hydrogen-bond donors (Lipinski definition) is 0. The molecule has 2 aliphatic heterocycles. The third-order valence-corrected chi connectivity index (χ3v) is 5.10. The van der Waals surface area contributed by atoms with E-state index < -0.39 is 0 Å². The maximum Gasteiger partial charge on any atom is 0.153 e. The van der Waals surface area contributed by atoms with Gasteiger partial charge in [-0.25, -0.2) is 0 Å². The molecule has 4 atom stereocenters. The highest BCUT2D eigenvalue weighted by molar-refractivity contribution is 5.39. The Balaban J connectivity index is 1.79. The fourth-order valence-electron chi connectivity index (χ4n) is 4.13. The summed E-state index contributed by atoms with van der Waals surface area (Å²) in [6, 6.07) is 10.5. The summed E-state index contributed by atoms with van der Waals surface area (Å²) in [7, 11) is 0. The first-order valence-corrected chi connectivity index (χ1v) is 6.81. The number of rotatable bonds is 1. The van der Waals surface area contributed by atoms with Crippen molar-refractivity contribution >= 4 is 0 Å². The van der Waals surface area contributed by atoms with Crippen LogP contribution in [0.1, 0.15) is 31.4 Å². The average Bonchev–Trinajstić information content (AvgIpc) is 3.00. The van der Waals surface area contributed by atoms with Crippen molar-refractivity contribution < 1.29 is 9.47 Å². The molecule has 1 saturated carbocycles. The molecule has 1 aromatic rings. The average molecular weight is 242 g/mol. The minimum Gasteiger partial charge on any atom is -0.491 e. The molecule has 0 radical (unpaired) electrons. The third kappa shape index (κ3) is 1.08. The zero-order valence-electron chi connectivity index (χ0n) is 10.6. The maximum absolute atomic E-state index is 6.24. The molecule has 4 rings (SSSR count). The minimum atomic E-state index is -0.110.